The molecule has 1 aromatic heterocycles. The van der Waals surface area contributed by atoms with Crippen molar-refractivity contribution in [2.24, 2.45) is 5.41 Å². The number of hydrogen-bond acceptors (Lipinski definition) is 8. The predicted molar refractivity (Wildman–Crippen MR) is 148 cm³/mol. The molecule has 0 bridgehead atoms. The molecule has 2 aliphatic heterocycles. The molecule has 220 valence electrons. The van der Waals surface area contributed by atoms with E-state index in [1.54, 1.807) is 32.0 Å². The van der Waals surface area contributed by atoms with Crippen molar-refractivity contribution in [3.05, 3.63) is 35.5 Å². The van der Waals surface area contributed by atoms with Gasteiger partial charge in [0.1, 0.15) is 11.4 Å². The Balaban J connectivity index is 1.35. The van der Waals surface area contributed by atoms with E-state index in [1.807, 2.05) is 0 Å². The lowest BCUT2D eigenvalue weighted by Crippen LogP contribution is -2.50. The molecule has 0 amide bonds. The Hall–Kier alpha value is -2.44. The Kier molecular flexibility index (Phi) is 7.58. The van der Waals surface area contributed by atoms with Gasteiger partial charge in [-0.1, -0.05) is 0 Å². The molecule has 1 unspecified atom stereocenters. The monoisotopic (exact) mass is 581 g/mol. The zero-order valence-electron chi connectivity index (χ0n) is 23.3. The zero-order valence-corrected chi connectivity index (χ0v) is 24.1. The average Bonchev–Trinajstić information content (AvgIpc) is 3.04. The van der Waals surface area contributed by atoms with Crippen LogP contribution in [0.1, 0.15) is 63.0 Å². The van der Waals surface area contributed by atoms with Crippen molar-refractivity contribution in [1.29, 1.82) is 0 Å². The van der Waals surface area contributed by atoms with E-state index in [1.165, 1.54) is 4.90 Å². The summed E-state index contributed by atoms with van der Waals surface area (Å²) in [5.41, 5.74) is -0.829. The summed E-state index contributed by atoms with van der Waals surface area (Å²) in [5.74, 6) is -0.314. The van der Waals surface area contributed by atoms with Crippen LogP contribution in [0, 0.1) is 12.3 Å². The van der Waals surface area contributed by atoms with Crippen LogP contribution in [0.15, 0.2) is 29.3 Å². The first kappa shape index (κ1) is 29.1. The summed E-state index contributed by atoms with van der Waals surface area (Å²) in [5, 5.41) is 13.2. The Bertz CT molecular complexity index is 1350. The van der Waals surface area contributed by atoms with Gasteiger partial charge < -0.3 is 20.2 Å². The van der Waals surface area contributed by atoms with Crippen LogP contribution in [-0.2, 0) is 16.0 Å². The van der Waals surface area contributed by atoms with Crippen LogP contribution < -0.4 is 10.2 Å². The number of benzene rings is 1. The van der Waals surface area contributed by atoms with E-state index in [0.717, 1.165) is 32.1 Å². The van der Waals surface area contributed by atoms with Gasteiger partial charge in [0, 0.05) is 25.0 Å². The maximum Gasteiger partial charge on any atom is 0.421 e. The lowest BCUT2D eigenvalue weighted by Gasteiger charge is -2.51. The Morgan fingerprint density at radius 2 is 1.80 bits per heavy atom. The van der Waals surface area contributed by atoms with Crippen LogP contribution in [0.5, 0.6) is 0 Å². The van der Waals surface area contributed by atoms with E-state index in [4.69, 9.17) is 0 Å². The second-order valence-electron chi connectivity index (χ2n) is 12.3. The van der Waals surface area contributed by atoms with E-state index in [9.17, 15) is 26.7 Å². The minimum Gasteiger partial charge on any atom is -0.388 e. The first-order valence-corrected chi connectivity index (χ1v) is 15.4. The highest BCUT2D eigenvalue weighted by Crippen LogP contribution is 2.52. The van der Waals surface area contributed by atoms with Crippen molar-refractivity contribution in [2.75, 3.05) is 43.4 Å². The number of aryl methyl sites for hydroxylation is 1. The highest BCUT2D eigenvalue weighted by molar-refractivity contribution is 7.92. The summed E-state index contributed by atoms with van der Waals surface area (Å²) in [6, 6.07) is 4.76. The fourth-order valence-electron chi connectivity index (χ4n) is 6.33. The highest BCUT2D eigenvalue weighted by atomic mass is 32.2. The average molecular weight is 582 g/mol. The van der Waals surface area contributed by atoms with Crippen molar-refractivity contribution in [2.45, 2.75) is 80.7 Å². The van der Waals surface area contributed by atoms with Crippen LogP contribution in [0.4, 0.5) is 30.6 Å². The van der Waals surface area contributed by atoms with E-state index in [2.05, 4.69) is 27.2 Å². The number of hydrogen-bond donors (Lipinski definition) is 2. The van der Waals surface area contributed by atoms with Gasteiger partial charge in [-0.25, -0.2) is 13.4 Å². The summed E-state index contributed by atoms with van der Waals surface area (Å²) >= 11 is 0. The highest BCUT2D eigenvalue weighted by Gasteiger charge is 2.50. The molecule has 3 heterocycles. The number of nitrogens with one attached hydrogen (secondary N) is 1. The number of likely N-dealkylation sites (tertiary alicyclic amines) is 1. The zero-order chi connectivity index (χ0) is 28.9. The van der Waals surface area contributed by atoms with Crippen LogP contribution in [-0.4, -0.2) is 72.5 Å². The van der Waals surface area contributed by atoms with Crippen molar-refractivity contribution < 1.29 is 26.7 Å². The van der Waals surface area contributed by atoms with Gasteiger partial charge >= 0.3 is 6.18 Å². The molecule has 3 aliphatic rings. The van der Waals surface area contributed by atoms with E-state index in [-0.39, 0.29) is 33.9 Å². The van der Waals surface area contributed by atoms with Gasteiger partial charge in [-0.15, -0.1) is 0 Å². The summed E-state index contributed by atoms with van der Waals surface area (Å²) < 4.78 is 68.3. The van der Waals surface area contributed by atoms with Gasteiger partial charge in [0.25, 0.3) is 0 Å². The summed E-state index contributed by atoms with van der Waals surface area (Å²) in [6.45, 7) is 5.72. The third-order valence-electron chi connectivity index (χ3n) is 8.88. The van der Waals surface area contributed by atoms with Gasteiger partial charge in [0.05, 0.1) is 15.7 Å². The smallest absolute Gasteiger partial charge is 0.388 e. The topological polar surface area (TPSA) is 98.7 Å². The molecule has 1 atom stereocenters. The number of rotatable bonds is 5. The van der Waals surface area contributed by atoms with Crippen molar-refractivity contribution in [1.82, 2.24) is 14.9 Å². The number of aromatic nitrogens is 2. The van der Waals surface area contributed by atoms with E-state index < -0.39 is 27.2 Å². The molecule has 5 rings (SSSR count). The second-order valence-corrected chi connectivity index (χ2v) is 14.5. The maximum atomic E-state index is 13.9. The maximum absolute atomic E-state index is 13.9. The quantitative estimate of drug-likeness (QED) is 0.513. The van der Waals surface area contributed by atoms with E-state index >= 15 is 0 Å². The Morgan fingerprint density at radius 3 is 2.45 bits per heavy atom. The molecule has 2 saturated heterocycles. The fraction of sp³-hybridized carbons (Fsp3) is 0.643. The number of nitrogens with zero attached hydrogens (tertiary/aromatic N) is 4. The predicted octanol–water partition coefficient (Wildman–Crippen LogP) is 4.94. The summed E-state index contributed by atoms with van der Waals surface area (Å²) in [6.07, 6.45) is 1.36. The van der Waals surface area contributed by atoms with Gasteiger partial charge in [-0.05, 0) is 108 Å². The molecule has 8 nitrogen and oxygen atoms in total. The van der Waals surface area contributed by atoms with Gasteiger partial charge in [-0.3, -0.25) is 0 Å². The number of sulfone groups is 1. The van der Waals surface area contributed by atoms with Crippen LogP contribution in [0.2, 0.25) is 0 Å². The van der Waals surface area contributed by atoms with Crippen molar-refractivity contribution in [3.63, 3.8) is 0 Å². The summed E-state index contributed by atoms with van der Waals surface area (Å²) in [4.78, 5) is 12.2. The summed E-state index contributed by atoms with van der Waals surface area (Å²) in [7, 11) is -1.40. The molecular weight excluding hydrogens is 543 g/mol. The first-order valence-electron chi connectivity index (χ1n) is 13.9. The molecule has 2 aromatic rings. The number of aliphatic hydroxyl groups is 1. The minimum absolute atomic E-state index is 0.0251. The molecule has 0 radical (unpaired) electrons. The van der Waals surface area contributed by atoms with Gasteiger partial charge in [0.15, 0.2) is 9.84 Å². The van der Waals surface area contributed by atoms with Crippen LogP contribution in [0.25, 0.3) is 0 Å². The third-order valence-corrected chi connectivity index (χ3v) is 11.0. The molecule has 1 aromatic carbocycles. The van der Waals surface area contributed by atoms with Crippen molar-refractivity contribution >= 4 is 27.3 Å². The van der Waals surface area contributed by atoms with Crippen molar-refractivity contribution in [3.8, 4) is 0 Å². The molecule has 3 fully saturated rings. The number of halogens is 3. The largest absolute Gasteiger partial charge is 0.421 e. The van der Waals surface area contributed by atoms with E-state index in [0.29, 0.717) is 49.9 Å². The molecule has 1 aliphatic carbocycles. The number of alkyl halides is 3. The third kappa shape index (κ3) is 5.94. The van der Waals surface area contributed by atoms with Crippen LogP contribution >= 0.6 is 0 Å². The van der Waals surface area contributed by atoms with Gasteiger partial charge in [0.2, 0.25) is 5.95 Å². The molecule has 2 N–H and O–H groups in total. The number of piperidine rings is 1. The molecular formula is C28H38F3N5O3S. The number of anilines is 3. The first-order chi connectivity index (χ1) is 18.7. The Labute approximate surface area is 233 Å². The van der Waals surface area contributed by atoms with Gasteiger partial charge in [-0.2, -0.15) is 18.2 Å². The van der Waals surface area contributed by atoms with Crippen LogP contribution in [0.3, 0.4) is 0 Å². The molecule has 40 heavy (non-hydrogen) atoms. The SMILES string of the molecule is Cc1cc(S(=O)(=O)C2CC3(CCN(C)CC3)C2)ccc1Nc1ncc(C(F)(F)F)c(N2CCCCC(C)(O)C2)n1. The lowest BCUT2D eigenvalue weighted by molar-refractivity contribution is -0.137. The standard InChI is InChI=1S/C28H38F3N5O3S/c1-19-14-20(40(38,39)21-15-27(16-21)9-12-35(3)13-10-27)6-7-23(19)33-25-32-17-22(28(29,30)31)24(34-25)36-11-5-4-8-26(2,37)18-36/h6-7,14,17,21,37H,4-5,8-13,15-16,18H2,1-3H3,(H,32,33,34). The lowest BCUT2D eigenvalue weighted by atomic mass is 9.63. The number of β-amino-alcohol motifs (C(OH)–C–C–N with tert-alkyl or cyclic N) is 1. The fourth-order valence-corrected chi connectivity index (χ4v) is 8.46. The minimum atomic E-state index is -4.66. The normalized spacial score (nSPS) is 24.5. The Morgan fingerprint density at radius 1 is 1.10 bits per heavy atom. The molecule has 1 saturated carbocycles. The molecule has 12 heteroatoms. The second kappa shape index (κ2) is 10.4. The molecule has 1 spiro atoms.